The summed E-state index contributed by atoms with van der Waals surface area (Å²) in [5, 5.41) is 20.4. The molecule has 7 aromatic rings. The number of imidazole rings is 1. The fourth-order valence-electron chi connectivity index (χ4n) is 6.56. The number of fused-ring (bicyclic) bond motifs is 6. The lowest BCUT2D eigenvalue weighted by atomic mass is 10.1. The van der Waals surface area contributed by atoms with Gasteiger partial charge < -0.3 is 24.6 Å². The molecule has 0 saturated carbocycles. The molecule has 0 radical (unpaired) electrons. The van der Waals surface area contributed by atoms with E-state index in [4.69, 9.17) is 13.7 Å². The number of carbonyl (C=O) groups is 3. The number of rotatable bonds is 5. The van der Waals surface area contributed by atoms with Gasteiger partial charge in [-0.15, -0.1) is 0 Å². The number of amides is 1. The number of morpholine rings is 2. The lowest BCUT2D eigenvalue weighted by molar-refractivity contribution is -0.497. The lowest BCUT2D eigenvalue weighted by Gasteiger charge is -2.22. The topological polar surface area (TPSA) is 168 Å². The van der Waals surface area contributed by atoms with Gasteiger partial charge in [-0.05, 0) is 48.5 Å². The molecule has 7 heterocycles. The number of hydrogen-bond acceptors (Lipinski definition) is 9. The van der Waals surface area contributed by atoms with Gasteiger partial charge in [0, 0.05) is 51.4 Å². The summed E-state index contributed by atoms with van der Waals surface area (Å²) in [6, 6.07) is 29.7. The number of benzene rings is 2. The van der Waals surface area contributed by atoms with E-state index < -0.39 is 21.2 Å². The van der Waals surface area contributed by atoms with Gasteiger partial charge in [-0.2, -0.15) is 4.40 Å². The molecule has 0 spiro atoms. The Morgan fingerprint density at radius 1 is 0.737 bits per heavy atom. The van der Waals surface area contributed by atoms with Gasteiger partial charge in [0.1, 0.15) is 16.6 Å². The van der Waals surface area contributed by atoms with Gasteiger partial charge in [0.15, 0.2) is 0 Å². The van der Waals surface area contributed by atoms with Crippen LogP contribution in [0, 0.1) is 0 Å². The molecule has 2 saturated heterocycles. The number of aromatic nitrogens is 4. The number of para-hydroxylation sites is 2. The smallest absolute Gasteiger partial charge is 0.370 e. The minimum Gasteiger partial charge on any atom is -0.478 e. The van der Waals surface area contributed by atoms with Crippen LogP contribution in [0.3, 0.4) is 0 Å². The summed E-state index contributed by atoms with van der Waals surface area (Å²) in [4.78, 5) is 45.9. The van der Waals surface area contributed by atoms with E-state index in [2.05, 4.69) is 45.0 Å². The molecule has 9 rings (SSSR count). The first-order chi connectivity index (χ1) is 27.7. The molecular weight excluding hydrogens is 795 g/mol. The molecule has 14 nitrogen and oxygen atoms in total. The maximum Gasteiger partial charge on any atom is 0.370 e. The monoisotopic (exact) mass is 831 g/mol. The van der Waals surface area contributed by atoms with Crippen molar-refractivity contribution in [3.63, 3.8) is 0 Å². The van der Waals surface area contributed by atoms with Crippen molar-refractivity contribution in [3.8, 4) is 11.4 Å². The Morgan fingerprint density at radius 3 is 1.96 bits per heavy atom. The highest BCUT2D eigenvalue weighted by Gasteiger charge is 2.30. The maximum absolute atomic E-state index is 11.9. The Kier molecular flexibility index (Phi) is 14.0. The molecule has 0 aliphatic carbocycles. The van der Waals surface area contributed by atoms with E-state index in [-0.39, 0.29) is 5.56 Å². The van der Waals surface area contributed by atoms with Crippen LogP contribution in [0.15, 0.2) is 109 Å². The van der Waals surface area contributed by atoms with Gasteiger partial charge in [-0.25, -0.2) is 23.2 Å². The van der Waals surface area contributed by atoms with Crippen LogP contribution in [-0.4, -0.2) is 105 Å². The highest BCUT2D eigenvalue weighted by atomic mass is 36.0. The zero-order valence-electron chi connectivity index (χ0n) is 30.3. The SMILES string of the molecule is O=C(O)c1cc(-c2ccccn2)nc2ccccc12.O=C(O)c1cc2c3cccc[n+]3c(N3CCOCC3)n2c2ccccc12.O=CN1CCOCC1.O=S(Cl)Cl. The van der Waals surface area contributed by atoms with Gasteiger partial charge in [-0.3, -0.25) is 14.7 Å². The third-order valence-electron chi connectivity index (χ3n) is 9.09. The van der Waals surface area contributed by atoms with Gasteiger partial charge in [0.05, 0.1) is 73.7 Å². The van der Waals surface area contributed by atoms with Crippen molar-refractivity contribution in [2.75, 3.05) is 57.5 Å². The van der Waals surface area contributed by atoms with Crippen molar-refractivity contribution in [2.45, 2.75) is 0 Å². The number of hydrogen-bond donors (Lipinski definition) is 2. The Morgan fingerprint density at radius 2 is 1.33 bits per heavy atom. The van der Waals surface area contributed by atoms with Crippen LogP contribution in [-0.2, 0) is 23.5 Å². The molecule has 0 atom stereocenters. The first-order valence-electron chi connectivity index (χ1n) is 17.7. The molecule has 0 unspecified atom stereocenters. The molecule has 2 aromatic carbocycles. The Labute approximate surface area is 337 Å². The van der Waals surface area contributed by atoms with Crippen LogP contribution in [0.25, 0.3) is 44.2 Å². The van der Waals surface area contributed by atoms with E-state index in [1.54, 1.807) is 41.4 Å². The second-order valence-electron chi connectivity index (χ2n) is 12.5. The summed E-state index contributed by atoms with van der Waals surface area (Å²) in [6.45, 7) is 5.88. The molecule has 17 heteroatoms. The molecule has 5 aromatic heterocycles. The van der Waals surface area contributed by atoms with Gasteiger partial charge in [0.25, 0.3) is 0 Å². The average Bonchev–Trinajstić information content (AvgIpc) is 3.58. The summed E-state index contributed by atoms with van der Waals surface area (Å²) >= 11 is 0. The summed E-state index contributed by atoms with van der Waals surface area (Å²) in [5.41, 5.74) is 5.23. The zero-order chi connectivity index (χ0) is 40.3. The Bertz CT molecular complexity index is 2540. The first-order valence-corrected chi connectivity index (χ1v) is 20.5. The largest absolute Gasteiger partial charge is 0.478 e. The van der Waals surface area contributed by atoms with Crippen molar-refractivity contribution in [3.05, 3.63) is 121 Å². The van der Waals surface area contributed by atoms with Crippen molar-refractivity contribution in [1.29, 1.82) is 0 Å². The van der Waals surface area contributed by atoms with Gasteiger partial charge in [0.2, 0.25) is 15.6 Å². The number of ether oxygens (including phenoxy) is 2. The summed E-state index contributed by atoms with van der Waals surface area (Å²) < 4.78 is 23.9. The molecule has 2 aliphatic rings. The zero-order valence-corrected chi connectivity index (χ0v) is 32.6. The molecule has 2 N–H and O–H groups in total. The van der Waals surface area contributed by atoms with Crippen LogP contribution in [0.2, 0.25) is 0 Å². The first kappa shape index (κ1) is 40.9. The third-order valence-corrected chi connectivity index (χ3v) is 9.09. The Hall–Kier alpha value is -5.71. The van der Waals surface area contributed by atoms with Gasteiger partial charge >= 0.3 is 17.9 Å². The Balaban J connectivity index is 0.000000154. The predicted octanol–water partition coefficient (Wildman–Crippen LogP) is 5.88. The normalized spacial score (nSPS) is 13.9. The number of halogens is 2. The van der Waals surface area contributed by atoms with E-state index in [0.717, 1.165) is 60.5 Å². The maximum atomic E-state index is 11.9. The number of anilines is 1. The molecular formula is C40H37Cl2N6O8S+. The van der Waals surface area contributed by atoms with E-state index >= 15 is 0 Å². The van der Waals surface area contributed by atoms with Crippen molar-refractivity contribution < 1.29 is 42.7 Å². The average molecular weight is 833 g/mol. The predicted molar refractivity (Wildman–Crippen MR) is 218 cm³/mol. The van der Waals surface area contributed by atoms with Crippen LogP contribution in [0.5, 0.6) is 0 Å². The van der Waals surface area contributed by atoms with Crippen molar-refractivity contribution in [1.82, 2.24) is 19.3 Å². The number of carboxylic acids is 2. The van der Waals surface area contributed by atoms with Crippen LogP contribution in [0.4, 0.5) is 5.95 Å². The standard InChI is InChI=1S/C20H17N3O3.C15H10N2O2.C5H9NO2.Cl2OS/c24-19(25)15-13-18-17-7-3-4-8-22(17)20(21-9-11-26-12-10-21)23(18)16-6-2-1-5-14(15)16;18-15(19)11-9-14(13-7-3-4-8-16-13)17-12-6-2-1-5-10(11)12;7-5-6-1-3-8-4-2-6;1-4(2)3/h1-8,13H,9-12H2;1-9H,(H,18,19);5H,1-4H2;/p+1. The van der Waals surface area contributed by atoms with E-state index in [1.165, 1.54) is 0 Å². The molecule has 0 bridgehead atoms. The second kappa shape index (κ2) is 19.4. The number of carboxylic acid groups (broad SMARTS) is 2. The fourth-order valence-corrected chi connectivity index (χ4v) is 6.56. The van der Waals surface area contributed by atoms with Crippen LogP contribution >= 0.6 is 21.4 Å². The summed E-state index contributed by atoms with van der Waals surface area (Å²) in [5.74, 6) is -0.838. The fraction of sp³-hybridized carbons (Fsp3) is 0.200. The molecule has 57 heavy (non-hydrogen) atoms. The summed E-state index contributed by atoms with van der Waals surface area (Å²) in [6.07, 6.45) is 4.55. The number of pyridine rings is 4. The van der Waals surface area contributed by atoms with E-state index in [9.17, 15) is 24.6 Å². The van der Waals surface area contributed by atoms with E-state index in [1.807, 2.05) is 72.9 Å². The minimum atomic E-state index is -1.67. The quantitative estimate of drug-likeness (QED) is 0.121. The molecule has 2 aliphatic heterocycles. The molecule has 2 fully saturated rings. The van der Waals surface area contributed by atoms with Gasteiger partial charge in [-0.1, -0.05) is 48.5 Å². The number of nitrogens with zero attached hydrogens (tertiary/aromatic N) is 6. The highest BCUT2D eigenvalue weighted by molar-refractivity contribution is 8.26. The lowest BCUT2D eigenvalue weighted by Crippen LogP contribution is -2.42. The number of carbonyl (C=O) groups excluding carboxylic acids is 1. The minimum absolute atomic E-state index is 0.242. The number of aromatic carboxylic acids is 2. The van der Waals surface area contributed by atoms with E-state index in [0.29, 0.717) is 54.3 Å². The third kappa shape index (κ3) is 9.82. The highest BCUT2D eigenvalue weighted by Crippen LogP contribution is 2.29. The second-order valence-corrected chi connectivity index (χ2v) is 15.0. The van der Waals surface area contributed by atoms with Crippen molar-refractivity contribution >= 4 is 87.7 Å². The molecule has 294 valence electrons. The summed E-state index contributed by atoms with van der Waals surface area (Å²) in [7, 11) is 7.36. The molecule has 1 amide bonds. The van der Waals surface area contributed by atoms with Crippen LogP contribution in [0.1, 0.15) is 20.7 Å². The van der Waals surface area contributed by atoms with Crippen LogP contribution < -0.4 is 9.30 Å². The van der Waals surface area contributed by atoms with Crippen molar-refractivity contribution in [2.24, 2.45) is 0 Å².